The molecule has 0 radical (unpaired) electrons. The van der Waals surface area contributed by atoms with Crippen LogP contribution in [0.3, 0.4) is 0 Å². The standard InChI is InChI=1S/C18H16ClN3O2S2/c1-10(2)20-16(23)11-3-5-12(6-4-11)21-17(24)13-9-25-18(22-13)14-7-8-15(19)26-14/h3-10H,1-2H3,(H,20,23)(H,21,24). The van der Waals surface area contributed by atoms with Gasteiger partial charge in [0.2, 0.25) is 0 Å². The maximum atomic E-state index is 12.4. The lowest BCUT2D eigenvalue weighted by molar-refractivity contribution is 0.0942. The summed E-state index contributed by atoms with van der Waals surface area (Å²) in [6.07, 6.45) is 0. The number of carbonyl (C=O) groups is 2. The molecular weight excluding hydrogens is 390 g/mol. The summed E-state index contributed by atoms with van der Waals surface area (Å²) in [7, 11) is 0. The maximum Gasteiger partial charge on any atom is 0.275 e. The van der Waals surface area contributed by atoms with Crippen molar-refractivity contribution in [3.63, 3.8) is 0 Å². The quantitative estimate of drug-likeness (QED) is 0.633. The Hall–Kier alpha value is -2.22. The molecular formula is C18H16ClN3O2S2. The number of hydrogen-bond donors (Lipinski definition) is 2. The Labute approximate surface area is 164 Å². The summed E-state index contributed by atoms with van der Waals surface area (Å²) in [6, 6.07) is 10.5. The molecule has 0 spiro atoms. The first-order valence-corrected chi connectivity index (χ1v) is 9.93. The Balaban J connectivity index is 1.66. The highest BCUT2D eigenvalue weighted by Gasteiger charge is 2.14. The summed E-state index contributed by atoms with van der Waals surface area (Å²) in [4.78, 5) is 29.6. The number of aromatic nitrogens is 1. The van der Waals surface area contributed by atoms with Crippen molar-refractivity contribution >= 4 is 51.8 Å². The molecule has 3 aromatic rings. The molecule has 0 saturated carbocycles. The minimum absolute atomic E-state index is 0.0685. The lowest BCUT2D eigenvalue weighted by atomic mass is 10.2. The number of anilines is 1. The van der Waals surface area contributed by atoms with Crippen molar-refractivity contribution in [1.29, 1.82) is 0 Å². The molecule has 2 aromatic heterocycles. The van der Waals surface area contributed by atoms with Crippen molar-refractivity contribution in [2.75, 3.05) is 5.32 Å². The molecule has 134 valence electrons. The average Bonchev–Trinajstić information content (AvgIpc) is 3.23. The zero-order valence-electron chi connectivity index (χ0n) is 14.1. The number of amides is 2. The number of thiazole rings is 1. The highest BCUT2D eigenvalue weighted by Crippen LogP contribution is 2.33. The first kappa shape index (κ1) is 18.6. The predicted octanol–water partition coefficient (Wildman–Crippen LogP) is 4.92. The minimum Gasteiger partial charge on any atom is -0.350 e. The third-order valence-corrected chi connectivity index (χ3v) is 5.59. The van der Waals surface area contributed by atoms with Crippen molar-refractivity contribution in [3.8, 4) is 9.88 Å². The first-order valence-electron chi connectivity index (χ1n) is 7.86. The SMILES string of the molecule is CC(C)NC(=O)c1ccc(NC(=O)c2csc(-c3ccc(Cl)s3)n2)cc1. The molecule has 0 aliphatic heterocycles. The van der Waals surface area contributed by atoms with E-state index in [1.54, 1.807) is 35.7 Å². The molecule has 2 heterocycles. The van der Waals surface area contributed by atoms with Crippen LogP contribution < -0.4 is 10.6 Å². The number of thiophene rings is 1. The number of benzene rings is 1. The van der Waals surface area contributed by atoms with E-state index in [9.17, 15) is 9.59 Å². The van der Waals surface area contributed by atoms with E-state index in [0.29, 0.717) is 21.3 Å². The Kier molecular flexibility index (Phi) is 5.70. The zero-order chi connectivity index (χ0) is 18.7. The average molecular weight is 406 g/mol. The number of carbonyl (C=O) groups excluding carboxylic acids is 2. The largest absolute Gasteiger partial charge is 0.350 e. The lowest BCUT2D eigenvalue weighted by Gasteiger charge is -2.09. The van der Waals surface area contributed by atoms with E-state index in [2.05, 4.69) is 15.6 Å². The highest BCUT2D eigenvalue weighted by molar-refractivity contribution is 7.23. The molecule has 3 rings (SSSR count). The van der Waals surface area contributed by atoms with Gasteiger partial charge in [0.25, 0.3) is 11.8 Å². The van der Waals surface area contributed by atoms with Crippen molar-refractivity contribution < 1.29 is 9.59 Å². The highest BCUT2D eigenvalue weighted by atomic mass is 35.5. The maximum absolute atomic E-state index is 12.4. The van der Waals surface area contributed by atoms with Gasteiger partial charge < -0.3 is 10.6 Å². The van der Waals surface area contributed by atoms with Gasteiger partial charge in [-0.3, -0.25) is 9.59 Å². The van der Waals surface area contributed by atoms with Gasteiger partial charge in [0.1, 0.15) is 10.7 Å². The number of rotatable bonds is 5. The molecule has 0 bridgehead atoms. The zero-order valence-corrected chi connectivity index (χ0v) is 16.5. The van der Waals surface area contributed by atoms with Crippen LogP contribution >= 0.6 is 34.3 Å². The Morgan fingerprint density at radius 1 is 1.08 bits per heavy atom. The third kappa shape index (κ3) is 4.49. The number of halogens is 1. The van der Waals surface area contributed by atoms with Gasteiger partial charge in [-0.05, 0) is 50.2 Å². The van der Waals surface area contributed by atoms with Gasteiger partial charge in [-0.15, -0.1) is 22.7 Å². The first-order chi connectivity index (χ1) is 12.4. The molecule has 8 heteroatoms. The number of nitrogens with one attached hydrogen (secondary N) is 2. The normalized spacial score (nSPS) is 10.8. The third-order valence-electron chi connectivity index (χ3n) is 3.35. The van der Waals surface area contributed by atoms with E-state index in [1.807, 2.05) is 19.9 Å². The fourth-order valence-electron chi connectivity index (χ4n) is 2.17. The van der Waals surface area contributed by atoms with Gasteiger partial charge in [0, 0.05) is 22.7 Å². The van der Waals surface area contributed by atoms with E-state index in [-0.39, 0.29) is 17.9 Å². The van der Waals surface area contributed by atoms with E-state index in [4.69, 9.17) is 11.6 Å². The molecule has 0 aliphatic carbocycles. The number of hydrogen-bond acceptors (Lipinski definition) is 5. The van der Waals surface area contributed by atoms with Gasteiger partial charge >= 0.3 is 0 Å². The summed E-state index contributed by atoms with van der Waals surface area (Å²) >= 11 is 8.75. The van der Waals surface area contributed by atoms with Crippen LogP contribution in [-0.4, -0.2) is 22.8 Å². The molecule has 2 amide bonds. The van der Waals surface area contributed by atoms with Crippen LogP contribution in [0.1, 0.15) is 34.7 Å². The predicted molar refractivity (Wildman–Crippen MR) is 107 cm³/mol. The smallest absolute Gasteiger partial charge is 0.275 e. The van der Waals surface area contributed by atoms with E-state index < -0.39 is 0 Å². The van der Waals surface area contributed by atoms with Crippen molar-refractivity contribution in [2.45, 2.75) is 19.9 Å². The minimum atomic E-state index is -0.297. The molecule has 2 N–H and O–H groups in total. The van der Waals surface area contributed by atoms with E-state index >= 15 is 0 Å². The van der Waals surface area contributed by atoms with Crippen LogP contribution in [-0.2, 0) is 0 Å². The Morgan fingerprint density at radius 3 is 2.42 bits per heavy atom. The summed E-state index contributed by atoms with van der Waals surface area (Å²) in [5.74, 6) is -0.439. The molecule has 1 aromatic carbocycles. The summed E-state index contributed by atoms with van der Waals surface area (Å²) < 4.78 is 0.683. The molecule has 0 unspecified atom stereocenters. The van der Waals surface area contributed by atoms with Crippen LogP contribution in [0.4, 0.5) is 5.69 Å². The second kappa shape index (κ2) is 7.99. The van der Waals surface area contributed by atoms with Crippen molar-refractivity contribution in [1.82, 2.24) is 10.3 Å². The van der Waals surface area contributed by atoms with Gasteiger partial charge in [0.05, 0.1) is 9.21 Å². The Bertz CT molecular complexity index is 932. The summed E-state index contributed by atoms with van der Waals surface area (Å²) in [5.41, 5.74) is 1.49. The topological polar surface area (TPSA) is 71.1 Å². The lowest BCUT2D eigenvalue weighted by Crippen LogP contribution is -2.30. The molecule has 26 heavy (non-hydrogen) atoms. The van der Waals surface area contributed by atoms with Gasteiger partial charge in [-0.25, -0.2) is 4.98 Å². The molecule has 0 atom stereocenters. The summed E-state index contributed by atoms with van der Waals surface area (Å²) in [6.45, 7) is 3.80. The van der Waals surface area contributed by atoms with Crippen molar-refractivity contribution in [2.24, 2.45) is 0 Å². The monoisotopic (exact) mass is 405 g/mol. The van der Waals surface area contributed by atoms with Crippen LogP contribution in [0.5, 0.6) is 0 Å². The second-order valence-electron chi connectivity index (χ2n) is 5.80. The fourth-order valence-corrected chi connectivity index (χ4v) is 4.08. The van der Waals surface area contributed by atoms with Gasteiger partial charge in [-0.2, -0.15) is 0 Å². The second-order valence-corrected chi connectivity index (χ2v) is 8.37. The van der Waals surface area contributed by atoms with Crippen LogP contribution in [0, 0.1) is 0 Å². The van der Waals surface area contributed by atoms with E-state index in [0.717, 1.165) is 9.88 Å². The van der Waals surface area contributed by atoms with E-state index in [1.165, 1.54) is 22.7 Å². The Morgan fingerprint density at radius 2 is 1.81 bits per heavy atom. The summed E-state index contributed by atoms with van der Waals surface area (Å²) in [5, 5.41) is 8.08. The van der Waals surface area contributed by atoms with Gasteiger partial charge in [-0.1, -0.05) is 11.6 Å². The number of nitrogens with zero attached hydrogens (tertiary/aromatic N) is 1. The molecule has 0 aliphatic rings. The van der Waals surface area contributed by atoms with Crippen LogP contribution in [0.25, 0.3) is 9.88 Å². The van der Waals surface area contributed by atoms with Crippen molar-refractivity contribution in [3.05, 3.63) is 57.4 Å². The molecule has 5 nitrogen and oxygen atoms in total. The fraction of sp³-hybridized carbons (Fsp3) is 0.167. The molecule has 0 fully saturated rings. The van der Waals surface area contributed by atoms with Crippen LogP contribution in [0.15, 0.2) is 41.8 Å². The molecule has 0 saturated heterocycles. The van der Waals surface area contributed by atoms with Gasteiger partial charge in [0.15, 0.2) is 0 Å². The van der Waals surface area contributed by atoms with Crippen LogP contribution in [0.2, 0.25) is 4.34 Å².